The molecule has 1 fully saturated rings. The van der Waals surface area contributed by atoms with Gasteiger partial charge in [0.2, 0.25) is 0 Å². The molecule has 0 aliphatic carbocycles. The Morgan fingerprint density at radius 2 is 2.00 bits per heavy atom. The molecule has 0 atom stereocenters. The van der Waals surface area contributed by atoms with Crippen LogP contribution in [0.5, 0.6) is 0 Å². The third-order valence-corrected chi connectivity index (χ3v) is 4.65. The Kier molecular flexibility index (Phi) is 6.23. The maximum Gasteiger partial charge on any atom is 0.258 e. The molecule has 0 spiro atoms. The monoisotopic (exact) mass is 371 g/mol. The number of nitrogens with one attached hydrogen (secondary N) is 2. The number of aromatic nitrogens is 2. The van der Waals surface area contributed by atoms with Crippen molar-refractivity contribution in [3.05, 3.63) is 35.7 Å². The average molecular weight is 371 g/mol. The number of carbonyl (C=O) groups is 1. The fourth-order valence-electron chi connectivity index (χ4n) is 3.04. The number of carbonyl (C=O) groups excluding carboxylic acids is 1. The van der Waals surface area contributed by atoms with Crippen LogP contribution in [0.2, 0.25) is 0 Å². The van der Waals surface area contributed by atoms with Gasteiger partial charge in [-0.3, -0.25) is 4.79 Å². The van der Waals surface area contributed by atoms with Crippen molar-refractivity contribution < 1.29 is 9.32 Å². The predicted molar refractivity (Wildman–Crippen MR) is 105 cm³/mol. The fraction of sp³-hybridized carbons (Fsp3) is 0.550. The Morgan fingerprint density at radius 1 is 1.26 bits per heavy atom. The summed E-state index contributed by atoms with van der Waals surface area (Å²) in [6.07, 6.45) is 0.933. The summed E-state index contributed by atoms with van der Waals surface area (Å²) in [5, 5.41) is 10.4. The van der Waals surface area contributed by atoms with E-state index in [9.17, 15) is 4.79 Å². The standard InChI is InChI=1S/C20H29N5O2/c1-20(2,3)19-23-18(27-24-19)16-8-5-4-7-15(16)17(26)22-9-6-12-25-13-10-21-11-14-25/h4-5,7-8,21H,6,9-14H2,1-3H3,(H,22,26). The molecule has 1 saturated heterocycles. The van der Waals surface area contributed by atoms with E-state index in [4.69, 9.17) is 4.52 Å². The first kappa shape index (κ1) is 19.5. The van der Waals surface area contributed by atoms with Crippen LogP contribution in [0.1, 0.15) is 43.4 Å². The minimum atomic E-state index is -0.205. The molecule has 7 heteroatoms. The molecular weight excluding hydrogens is 342 g/mol. The van der Waals surface area contributed by atoms with Crippen molar-refractivity contribution in [2.24, 2.45) is 0 Å². The van der Waals surface area contributed by atoms with E-state index in [1.165, 1.54) is 0 Å². The van der Waals surface area contributed by atoms with Crippen molar-refractivity contribution in [2.75, 3.05) is 39.3 Å². The van der Waals surface area contributed by atoms with Gasteiger partial charge in [-0.2, -0.15) is 4.98 Å². The number of amides is 1. The third-order valence-electron chi connectivity index (χ3n) is 4.65. The average Bonchev–Trinajstić information content (AvgIpc) is 3.16. The molecule has 0 unspecified atom stereocenters. The smallest absolute Gasteiger partial charge is 0.258 e. The molecule has 1 aliphatic rings. The van der Waals surface area contributed by atoms with Crippen LogP contribution < -0.4 is 10.6 Å². The highest BCUT2D eigenvalue weighted by Crippen LogP contribution is 2.26. The summed E-state index contributed by atoms with van der Waals surface area (Å²) in [7, 11) is 0. The van der Waals surface area contributed by atoms with E-state index in [-0.39, 0.29) is 11.3 Å². The Morgan fingerprint density at radius 3 is 2.70 bits per heavy atom. The van der Waals surface area contributed by atoms with Crippen LogP contribution in [-0.2, 0) is 5.41 Å². The number of benzene rings is 1. The van der Waals surface area contributed by atoms with E-state index in [2.05, 4.69) is 25.7 Å². The van der Waals surface area contributed by atoms with Gasteiger partial charge in [0.05, 0.1) is 11.1 Å². The topological polar surface area (TPSA) is 83.3 Å². The lowest BCUT2D eigenvalue weighted by Gasteiger charge is -2.27. The van der Waals surface area contributed by atoms with Gasteiger partial charge in [0.25, 0.3) is 11.8 Å². The van der Waals surface area contributed by atoms with Crippen molar-refractivity contribution in [1.29, 1.82) is 0 Å². The van der Waals surface area contributed by atoms with E-state index in [0.29, 0.717) is 29.4 Å². The van der Waals surface area contributed by atoms with Crippen molar-refractivity contribution in [1.82, 2.24) is 25.7 Å². The van der Waals surface area contributed by atoms with Gasteiger partial charge in [0.15, 0.2) is 5.82 Å². The van der Waals surface area contributed by atoms with Crippen LogP contribution in [0.25, 0.3) is 11.5 Å². The lowest BCUT2D eigenvalue weighted by Crippen LogP contribution is -2.44. The molecule has 2 N–H and O–H groups in total. The number of hydrogen-bond acceptors (Lipinski definition) is 6. The molecule has 2 aromatic rings. The van der Waals surface area contributed by atoms with Gasteiger partial charge in [-0.15, -0.1) is 0 Å². The van der Waals surface area contributed by atoms with E-state index in [1.54, 1.807) is 6.07 Å². The van der Waals surface area contributed by atoms with Crippen molar-refractivity contribution in [3.63, 3.8) is 0 Å². The van der Waals surface area contributed by atoms with Crippen LogP contribution in [0.15, 0.2) is 28.8 Å². The molecule has 27 heavy (non-hydrogen) atoms. The number of hydrogen-bond donors (Lipinski definition) is 2. The van der Waals surface area contributed by atoms with Gasteiger partial charge in [0.1, 0.15) is 0 Å². The predicted octanol–water partition coefficient (Wildman–Crippen LogP) is 2.06. The van der Waals surface area contributed by atoms with Crippen LogP contribution in [0, 0.1) is 0 Å². The summed E-state index contributed by atoms with van der Waals surface area (Å²) in [6.45, 7) is 12.0. The van der Waals surface area contributed by atoms with E-state index in [0.717, 1.165) is 39.1 Å². The van der Waals surface area contributed by atoms with E-state index in [1.807, 2.05) is 39.0 Å². The Bertz CT molecular complexity index is 760. The van der Waals surface area contributed by atoms with Gasteiger partial charge in [0, 0.05) is 38.1 Å². The van der Waals surface area contributed by atoms with Crippen LogP contribution in [0.4, 0.5) is 0 Å². The van der Waals surface area contributed by atoms with Crippen LogP contribution in [0.3, 0.4) is 0 Å². The maximum atomic E-state index is 12.7. The highest BCUT2D eigenvalue weighted by atomic mass is 16.5. The molecule has 146 valence electrons. The molecule has 0 radical (unpaired) electrons. The second-order valence-corrected chi connectivity index (χ2v) is 7.92. The molecule has 1 amide bonds. The summed E-state index contributed by atoms with van der Waals surface area (Å²) in [5.74, 6) is 0.900. The second-order valence-electron chi connectivity index (χ2n) is 7.92. The summed E-state index contributed by atoms with van der Waals surface area (Å²) < 4.78 is 5.42. The van der Waals surface area contributed by atoms with Gasteiger partial charge in [-0.25, -0.2) is 0 Å². The molecule has 1 aromatic carbocycles. The maximum absolute atomic E-state index is 12.7. The zero-order chi connectivity index (χ0) is 19.3. The highest BCUT2D eigenvalue weighted by Gasteiger charge is 2.23. The lowest BCUT2D eigenvalue weighted by molar-refractivity contribution is 0.0951. The minimum Gasteiger partial charge on any atom is -0.352 e. The summed E-state index contributed by atoms with van der Waals surface area (Å²) in [4.78, 5) is 19.6. The minimum absolute atomic E-state index is 0.110. The molecule has 1 aromatic heterocycles. The quantitative estimate of drug-likeness (QED) is 0.757. The van der Waals surface area contributed by atoms with Crippen molar-refractivity contribution in [3.8, 4) is 11.5 Å². The molecule has 3 rings (SSSR count). The zero-order valence-electron chi connectivity index (χ0n) is 16.4. The summed E-state index contributed by atoms with van der Waals surface area (Å²) >= 11 is 0. The van der Waals surface area contributed by atoms with Crippen molar-refractivity contribution in [2.45, 2.75) is 32.6 Å². The molecule has 1 aliphatic heterocycles. The number of rotatable bonds is 6. The largest absolute Gasteiger partial charge is 0.352 e. The summed E-state index contributed by atoms with van der Waals surface area (Å²) in [5.41, 5.74) is 1.02. The Labute approximate surface area is 160 Å². The van der Waals surface area contributed by atoms with Crippen molar-refractivity contribution >= 4 is 5.91 Å². The Hall–Kier alpha value is -2.25. The zero-order valence-corrected chi connectivity index (χ0v) is 16.4. The van der Waals surface area contributed by atoms with Gasteiger partial charge in [-0.1, -0.05) is 38.1 Å². The highest BCUT2D eigenvalue weighted by molar-refractivity contribution is 5.99. The van der Waals surface area contributed by atoms with E-state index >= 15 is 0 Å². The van der Waals surface area contributed by atoms with E-state index < -0.39 is 0 Å². The van der Waals surface area contributed by atoms with Gasteiger partial charge >= 0.3 is 0 Å². The van der Waals surface area contributed by atoms with Crippen LogP contribution >= 0.6 is 0 Å². The summed E-state index contributed by atoms with van der Waals surface area (Å²) in [6, 6.07) is 7.36. The molecular formula is C20H29N5O2. The lowest BCUT2D eigenvalue weighted by atomic mass is 9.96. The second kappa shape index (κ2) is 8.63. The SMILES string of the molecule is CC(C)(C)c1noc(-c2ccccc2C(=O)NCCCN2CCNCC2)n1. The van der Waals surface area contributed by atoms with Gasteiger partial charge < -0.3 is 20.1 Å². The molecule has 7 nitrogen and oxygen atoms in total. The number of piperazine rings is 1. The molecule has 0 bridgehead atoms. The molecule has 2 heterocycles. The van der Waals surface area contributed by atoms with Crippen LogP contribution in [-0.4, -0.2) is 60.2 Å². The fourth-order valence-corrected chi connectivity index (χ4v) is 3.04. The first-order valence-electron chi connectivity index (χ1n) is 9.60. The normalized spacial score (nSPS) is 15.7. The first-order chi connectivity index (χ1) is 12.9. The number of nitrogens with zero attached hydrogens (tertiary/aromatic N) is 3. The van der Waals surface area contributed by atoms with Gasteiger partial charge in [-0.05, 0) is 25.1 Å². The first-order valence-corrected chi connectivity index (χ1v) is 9.60. The Balaban J connectivity index is 1.61. The molecule has 0 saturated carbocycles. The third kappa shape index (κ3) is 5.14.